The number of H-pyrrole nitrogens is 1. The van der Waals surface area contributed by atoms with Crippen molar-refractivity contribution in [2.24, 2.45) is 24.8 Å². The van der Waals surface area contributed by atoms with Crippen LogP contribution in [0, 0.1) is 17.8 Å². The number of fused-ring (bicyclic) bond motifs is 2. The van der Waals surface area contributed by atoms with E-state index in [4.69, 9.17) is 4.74 Å². The van der Waals surface area contributed by atoms with E-state index in [2.05, 4.69) is 37.8 Å². The molecule has 0 bridgehead atoms. The van der Waals surface area contributed by atoms with E-state index in [0.29, 0.717) is 29.9 Å². The van der Waals surface area contributed by atoms with Crippen molar-refractivity contribution < 1.29 is 27.4 Å². The van der Waals surface area contributed by atoms with Gasteiger partial charge in [0.05, 0.1) is 12.5 Å². The summed E-state index contributed by atoms with van der Waals surface area (Å²) < 4.78 is 49.4. The maximum atomic E-state index is 13.1. The van der Waals surface area contributed by atoms with Crippen molar-refractivity contribution in [2.45, 2.75) is 19.5 Å². The zero-order chi connectivity index (χ0) is 27.1. The molecule has 39 heavy (non-hydrogen) atoms. The van der Waals surface area contributed by atoms with Gasteiger partial charge in [-0.2, -0.15) is 0 Å². The first-order chi connectivity index (χ1) is 18.7. The number of nitrogens with one attached hydrogen (secondary N) is 1. The number of carbonyl (C=O) groups is 1. The van der Waals surface area contributed by atoms with Crippen LogP contribution >= 0.6 is 0 Å². The van der Waals surface area contributed by atoms with Crippen molar-refractivity contribution >= 4 is 17.0 Å². The molecule has 204 valence electrons. The largest absolute Gasteiger partial charge is 0.573 e. The van der Waals surface area contributed by atoms with Gasteiger partial charge in [0.25, 0.3) is 0 Å². The number of rotatable bonds is 8. The Morgan fingerprint density at radius 1 is 1.13 bits per heavy atom. The lowest BCUT2D eigenvalue weighted by atomic mass is 10.2. The number of alkyl halides is 3. The Hall–Kier alpha value is -3.99. The average molecular weight is 540 g/mol. The SMILES string of the molecule is Cn1cnc(OC(=O)N(Cc2cccc(OC(F)(F)F)c2)CC2C3CN(Cc4cc5ccccc5[nH]4)CC32)c1. The molecule has 1 amide bonds. The van der Waals surface area contributed by atoms with Crippen LogP contribution in [-0.2, 0) is 20.1 Å². The predicted octanol–water partition coefficient (Wildman–Crippen LogP) is 5.18. The molecule has 2 unspecified atom stereocenters. The lowest BCUT2D eigenvalue weighted by molar-refractivity contribution is -0.274. The lowest BCUT2D eigenvalue weighted by Gasteiger charge is -2.24. The van der Waals surface area contributed by atoms with Gasteiger partial charge in [0.1, 0.15) is 5.75 Å². The molecular weight excluding hydrogens is 511 g/mol. The molecule has 1 aliphatic heterocycles. The second-order valence-electron chi connectivity index (χ2n) is 10.4. The van der Waals surface area contributed by atoms with Crippen molar-refractivity contribution in [3.63, 3.8) is 0 Å². The Labute approximate surface area is 222 Å². The number of hydrogen-bond donors (Lipinski definition) is 1. The van der Waals surface area contributed by atoms with Crippen LogP contribution in [0.4, 0.5) is 18.0 Å². The molecule has 1 N–H and O–H groups in total. The molecule has 1 aliphatic carbocycles. The predicted molar refractivity (Wildman–Crippen MR) is 137 cm³/mol. The minimum Gasteiger partial charge on any atom is -0.406 e. The van der Waals surface area contributed by atoms with E-state index < -0.39 is 12.5 Å². The molecule has 2 aromatic heterocycles. The Morgan fingerprint density at radius 2 is 1.92 bits per heavy atom. The first-order valence-corrected chi connectivity index (χ1v) is 12.8. The molecule has 2 atom stereocenters. The van der Waals surface area contributed by atoms with Crippen LogP contribution < -0.4 is 9.47 Å². The van der Waals surface area contributed by atoms with Gasteiger partial charge < -0.3 is 23.9 Å². The number of piperidine rings is 1. The summed E-state index contributed by atoms with van der Waals surface area (Å²) in [4.78, 5) is 24.6. The highest BCUT2D eigenvalue weighted by Gasteiger charge is 2.56. The van der Waals surface area contributed by atoms with Crippen molar-refractivity contribution in [1.82, 2.24) is 24.3 Å². The van der Waals surface area contributed by atoms with Gasteiger partial charge in [-0.1, -0.05) is 30.3 Å². The second-order valence-corrected chi connectivity index (χ2v) is 10.4. The number of benzene rings is 2. The molecular formula is C28H28F3N5O3. The summed E-state index contributed by atoms with van der Waals surface area (Å²) >= 11 is 0. The van der Waals surface area contributed by atoms with E-state index in [-0.39, 0.29) is 18.2 Å². The third-order valence-corrected chi connectivity index (χ3v) is 7.49. The molecule has 1 saturated heterocycles. The number of halogens is 3. The van der Waals surface area contributed by atoms with Crippen molar-refractivity contribution in [3.05, 3.63) is 78.4 Å². The van der Waals surface area contributed by atoms with Crippen LogP contribution in [0.3, 0.4) is 0 Å². The van der Waals surface area contributed by atoms with Crippen LogP contribution in [0.1, 0.15) is 11.3 Å². The molecule has 2 fully saturated rings. The van der Waals surface area contributed by atoms with E-state index in [0.717, 1.165) is 25.2 Å². The molecule has 0 radical (unpaired) electrons. The molecule has 11 heteroatoms. The average Bonchev–Trinajstić information content (AvgIpc) is 3.28. The number of aromatic nitrogens is 3. The topological polar surface area (TPSA) is 75.6 Å². The quantitative estimate of drug-likeness (QED) is 0.334. The number of aromatic amines is 1. The van der Waals surface area contributed by atoms with Crippen LogP contribution in [0.2, 0.25) is 0 Å². The highest BCUT2D eigenvalue weighted by Crippen LogP contribution is 2.52. The highest BCUT2D eigenvalue weighted by molar-refractivity contribution is 5.80. The van der Waals surface area contributed by atoms with Gasteiger partial charge in [-0.15, -0.1) is 13.2 Å². The maximum absolute atomic E-state index is 13.1. The summed E-state index contributed by atoms with van der Waals surface area (Å²) in [6.07, 6.45) is -2.27. The summed E-state index contributed by atoms with van der Waals surface area (Å²) in [7, 11) is 1.77. The smallest absolute Gasteiger partial charge is 0.406 e. The Balaban J connectivity index is 1.11. The molecule has 3 heterocycles. The molecule has 2 aromatic carbocycles. The number of carbonyl (C=O) groups excluding carboxylic acids is 1. The standard InChI is InChI=1S/C28H28F3N5O3/c1-34-16-26(32-17-34)38-27(37)36(11-18-5-4-7-21(9-18)39-28(29,30)31)15-24-22-13-35(14-23(22)24)12-20-10-19-6-2-3-8-25(19)33-20/h2-10,16-17,22-24,33H,11-15H2,1H3. The van der Waals surface area contributed by atoms with Crippen LogP contribution in [0.25, 0.3) is 10.9 Å². The van der Waals surface area contributed by atoms with Crippen LogP contribution in [-0.4, -0.2) is 56.4 Å². The number of hydrogen-bond acceptors (Lipinski definition) is 5. The molecule has 8 nitrogen and oxygen atoms in total. The normalized spacial score (nSPS) is 20.7. The summed E-state index contributed by atoms with van der Waals surface area (Å²) in [5.74, 6) is 1.06. The Morgan fingerprint density at radius 3 is 2.64 bits per heavy atom. The van der Waals surface area contributed by atoms with Gasteiger partial charge in [0, 0.05) is 51.0 Å². The maximum Gasteiger partial charge on any atom is 0.573 e. The summed E-state index contributed by atoms with van der Waals surface area (Å²) in [5.41, 5.74) is 2.82. The summed E-state index contributed by atoms with van der Waals surface area (Å²) in [6, 6.07) is 16.1. The van der Waals surface area contributed by atoms with Crippen LogP contribution in [0.15, 0.2) is 67.1 Å². The zero-order valence-electron chi connectivity index (χ0n) is 21.3. The van der Waals surface area contributed by atoms with Gasteiger partial charge in [-0.3, -0.25) is 4.90 Å². The Bertz CT molecular complexity index is 1440. The molecule has 4 aromatic rings. The number of likely N-dealkylation sites (tertiary alicyclic amines) is 1. The summed E-state index contributed by atoms with van der Waals surface area (Å²) in [5, 5.41) is 1.20. The number of imidazole rings is 1. The fourth-order valence-electron chi connectivity index (χ4n) is 5.71. The van der Waals surface area contributed by atoms with Crippen molar-refractivity contribution in [2.75, 3.05) is 19.6 Å². The number of aryl methyl sites for hydroxylation is 1. The molecule has 0 spiro atoms. The van der Waals surface area contributed by atoms with Crippen molar-refractivity contribution in [3.8, 4) is 11.6 Å². The van der Waals surface area contributed by atoms with Gasteiger partial charge in [-0.25, -0.2) is 9.78 Å². The first-order valence-electron chi connectivity index (χ1n) is 12.8. The van der Waals surface area contributed by atoms with Gasteiger partial charge >= 0.3 is 12.5 Å². The van der Waals surface area contributed by atoms with Crippen LogP contribution in [0.5, 0.6) is 11.6 Å². The van der Waals surface area contributed by atoms with Crippen molar-refractivity contribution in [1.29, 1.82) is 0 Å². The van der Waals surface area contributed by atoms with E-state index in [1.165, 1.54) is 35.6 Å². The highest BCUT2D eigenvalue weighted by atomic mass is 19.4. The fraction of sp³-hybridized carbons (Fsp3) is 0.357. The Kier molecular flexibility index (Phi) is 6.46. The molecule has 2 aliphatic rings. The monoisotopic (exact) mass is 539 g/mol. The van der Waals surface area contributed by atoms with E-state index in [9.17, 15) is 18.0 Å². The van der Waals surface area contributed by atoms with E-state index >= 15 is 0 Å². The number of para-hydroxylation sites is 1. The molecule has 6 rings (SSSR count). The van der Waals surface area contributed by atoms with Gasteiger partial charge in [0.2, 0.25) is 5.88 Å². The fourth-order valence-corrected chi connectivity index (χ4v) is 5.71. The third-order valence-electron chi connectivity index (χ3n) is 7.49. The lowest BCUT2D eigenvalue weighted by Crippen LogP contribution is -2.36. The third kappa shape index (κ3) is 5.88. The number of amides is 1. The minimum atomic E-state index is -4.79. The van der Waals surface area contributed by atoms with E-state index in [1.807, 2.05) is 12.1 Å². The van der Waals surface area contributed by atoms with E-state index in [1.54, 1.807) is 28.8 Å². The second kappa shape index (κ2) is 9.96. The van der Waals surface area contributed by atoms with Gasteiger partial charge in [-0.05, 0) is 53.0 Å². The number of ether oxygens (including phenoxy) is 2. The number of nitrogens with zero attached hydrogens (tertiary/aromatic N) is 4. The van der Waals surface area contributed by atoms with Gasteiger partial charge in [0.15, 0.2) is 0 Å². The zero-order valence-corrected chi connectivity index (χ0v) is 21.3. The molecule has 1 saturated carbocycles. The first kappa shape index (κ1) is 25.3. The minimum absolute atomic E-state index is 0.0927. The summed E-state index contributed by atoms with van der Waals surface area (Å²) in [6.45, 7) is 3.25.